The number of hydrogen-bond acceptors (Lipinski definition) is 3. The van der Waals surface area contributed by atoms with Gasteiger partial charge in [0.25, 0.3) is 0 Å². The molecule has 0 atom stereocenters. The topological polar surface area (TPSA) is 18.5 Å². The van der Waals surface area contributed by atoms with Gasteiger partial charge in [0.05, 0.1) is 0 Å². The number of nitrogens with one attached hydrogen (secondary N) is 1. The van der Waals surface area contributed by atoms with Gasteiger partial charge in [-0.25, -0.2) is 0 Å². The van der Waals surface area contributed by atoms with Crippen LogP contribution in [0.4, 0.5) is 22.7 Å². The van der Waals surface area contributed by atoms with Gasteiger partial charge in [-0.3, -0.25) is 0 Å². The van der Waals surface area contributed by atoms with Gasteiger partial charge < -0.3 is 0 Å². The summed E-state index contributed by atoms with van der Waals surface area (Å²) in [6.07, 6.45) is 4.77. The van der Waals surface area contributed by atoms with Gasteiger partial charge >= 0.3 is 178 Å². The van der Waals surface area contributed by atoms with E-state index in [4.69, 9.17) is 0 Å². The van der Waals surface area contributed by atoms with Crippen LogP contribution in [0.2, 0.25) is 0 Å². The summed E-state index contributed by atoms with van der Waals surface area (Å²) in [4.78, 5) is 5.07. The maximum atomic E-state index is 3.68. The van der Waals surface area contributed by atoms with Crippen LogP contribution >= 0.6 is 0 Å². The van der Waals surface area contributed by atoms with E-state index in [9.17, 15) is 0 Å². The molecule has 1 aliphatic rings. The van der Waals surface area contributed by atoms with Crippen molar-refractivity contribution in [3.63, 3.8) is 0 Å². The molecule has 3 nitrogen and oxygen atoms in total. The molecule has 1 heterocycles. The van der Waals surface area contributed by atoms with Gasteiger partial charge in [0.1, 0.15) is 0 Å². The fraction of sp³-hybridized carbons (Fsp3) is 0.500. The number of benzene rings is 2. The average Bonchev–Trinajstić information content (AvgIpc) is 2.71. The molecule has 0 bridgehead atoms. The van der Waals surface area contributed by atoms with Crippen molar-refractivity contribution in [2.45, 2.75) is 53.4 Å². The number of nitrogens with zero attached hydrogens (tertiary/aromatic N) is 2. The molecule has 28 heavy (non-hydrogen) atoms. The van der Waals surface area contributed by atoms with E-state index in [1.54, 1.807) is 0 Å². The molecule has 0 saturated carbocycles. The third-order valence-electron chi connectivity index (χ3n) is 5.12. The summed E-state index contributed by atoms with van der Waals surface area (Å²) in [5.74, 6) is 0. The number of fused-ring (bicyclic) bond motifs is 2. The summed E-state index contributed by atoms with van der Waals surface area (Å²) in [6, 6.07) is 14.0. The van der Waals surface area contributed by atoms with Gasteiger partial charge in [0.2, 0.25) is 0 Å². The third-order valence-corrected chi connectivity index (χ3v) is 7.46. The third kappa shape index (κ3) is 4.85. The molecular formula is C24H35N3Se. The fourth-order valence-electron chi connectivity index (χ4n) is 3.87. The minimum atomic E-state index is 0.343. The maximum absolute atomic E-state index is 3.68. The molecule has 2 aromatic carbocycles. The summed E-state index contributed by atoms with van der Waals surface area (Å²) >= 11 is 0.343. The van der Waals surface area contributed by atoms with Crippen molar-refractivity contribution in [3.05, 3.63) is 36.4 Å². The molecule has 0 aliphatic carbocycles. The van der Waals surface area contributed by atoms with E-state index in [1.165, 1.54) is 57.4 Å². The van der Waals surface area contributed by atoms with Gasteiger partial charge in [-0.2, -0.15) is 0 Å². The second-order valence-electron chi connectivity index (χ2n) is 7.56. The monoisotopic (exact) mass is 445 g/mol. The molecule has 0 radical (unpaired) electrons. The van der Waals surface area contributed by atoms with E-state index >= 15 is 0 Å². The van der Waals surface area contributed by atoms with Crippen molar-refractivity contribution < 1.29 is 0 Å². The fourth-order valence-corrected chi connectivity index (χ4v) is 6.09. The molecule has 1 N–H and O–H groups in total. The Balaban J connectivity index is 1.85. The molecule has 152 valence electrons. The molecular weight excluding hydrogens is 409 g/mol. The predicted octanol–water partition coefficient (Wildman–Crippen LogP) is 4.65. The standard InChI is InChI=1S/C24H35N3Se/c1-5-13-26(14-6-2)19-9-11-21-23(17-19)28-24-18-20(10-12-22(24)25-21)27(15-7-3)16-8-4/h9-12,17-18,25H,5-8,13-16H2,1-4H3. The zero-order valence-electron chi connectivity index (χ0n) is 17.9. The van der Waals surface area contributed by atoms with Crippen LogP contribution in [0.3, 0.4) is 0 Å². The van der Waals surface area contributed by atoms with Crippen molar-refractivity contribution in [3.8, 4) is 0 Å². The Kier molecular flexibility index (Phi) is 7.70. The van der Waals surface area contributed by atoms with Crippen molar-refractivity contribution in [2.24, 2.45) is 0 Å². The quantitative estimate of drug-likeness (QED) is 0.459. The Morgan fingerprint density at radius 2 is 1.04 bits per heavy atom. The summed E-state index contributed by atoms with van der Waals surface area (Å²) in [5.41, 5.74) is 5.33. The Morgan fingerprint density at radius 1 is 0.643 bits per heavy atom. The van der Waals surface area contributed by atoms with Crippen LogP contribution in [0.5, 0.6) is 0 Å². The first kappa shape index (κ1) is 21.1. The van der Waals surface area contributed by atoms with Crippen molar-refractivity contribution in [1.29, 1.82) is 0 Å². The van der Waals surface area contributed by atoms with Crippen molar-refractivity contribution >= 4 is 46.6 Å². The van der Waals surface area contributed by atoms with Gasteiger partial charge in [-0.1, -0.05) is 0 Å². The predicted molar refractivity (Wildman–Crippen MR) is 127 cm³/mol. The zero-order chi connectivity index (χ0) is 19.9. The molecule has 3 rings (SSSR count). The molecule has 0 unspecified atom stereocenters. The van der Waals surface area contributed by atoms with E-state index in [0.29, 0.717) is 15.0 Å². The molecule has 0 amide bonds. The summed E-state index contributed by atoms with van der Waals surface area (Å²) in [6.45, 7) is 13.6. The molecule has 0 spiro atoms. The van der Waals surface area contributed by atoms with Gasteiger partial charge in [0.15, 0.2) is 0 Å². The van der Waals surface area contributed by atoms with E-state index in [1.807, 2.05) is 0 Å². The molecule has 0 fully saturated rings. The van der Waals surface area contributed by atoms with E-state index in [0.717, 1.165) is 26.2 Å². The second kappa shape index (κ2) is 10.2. The van der Waals surface area contributed by atoms with E-state index in [-0.39, 0.29) is 0 Å². The number of hydrogen-bond donors (Lipinski definition) is 1. The second-order valence-corrected chi connectivity index (χ2v) is 9.84. The Labute approximate surface area is 177 Å². The van der Waals surface area contributed by atoms with Crippen LogP contribution in [0.15, 0.2) is 36.4 Å². The van der Waals surface area contributed by atoms with Crippen molar-refractivity contribution in [2.75, 3.05) is 41.3 Å². The van der Waals surface area contributed by atoms with Gasteiger partial charge in [0, 0.05) is 0 Å². The summed E-state index contributed by atoms with van der Waals surface area (Å²) in [5, 5.41) is 3.68. The van der Waals surface area contributed by atoms with Crippen LogP contribution in [-0.2, 0) is 0 Å². The van der Waals surface area contributed by atoms with Gasteiger partial charge in [-0.15, -0.1) is 0 Å². The van der Waals surface area contributed by atoms with Crippen molar-refractivity contribution in [1.82, 2.24) is 0 Å². The van der Waals surface area contributed by atoms with E-state index < -0.39 is 0 Å². The molecule has 4 heteroatoms. The summed E-state index contributed by atoms with van der Waals surface area (Å²) in [7, 11) is 0. The van der Waals surface area contributed by atoms with Crippen LogP contribution in [0.25, 0.3) is 0 Å². The molecule has 0 aromatic heterocycles. The molecule has 0 saturated heterocycles. The first-order chi connectivity index (χ1) is 13.7. The molecule has 2 aromatic rings. The molecule has 1 aliphatic heterocycles. The Hall–Kier alpha value is -1.64. The van der Waals surface area contributed by atoms with Crippen LogP contribution in [0.1, 0.15) is 53.4 Å². The van der Waals surface area contributed by atoms with Crippen LogP contribution in [0, 0.1) is 0 Å². The Morgan fingerprint density at radius 3 is 1.39 bits per heavy atom. The zero-order valence-corrected chi connectivity index (χ0v) is 19.6. The van der Waals surface area contributed by atoms with Crippen LogP contribution < -0.4 is 24.0 Å². The SMILES string of the molecule is CCCN(CCC)c1ccc2c(c1)[Se]c1cc(N(CCC)CCC)ccc1N2. The number of anilines is 4. The minimum absolute atomic E-state index is 0.343. The van der Waals surface area contributed by atoms with E-state index in [2.05, 4.69) is 79.2 Å². The van der Waals surface area contributed by atoms with Crippen LogP contribution in [-0.4, -0.2) is 41.1 Å². The Bertz CT molecular complexity index is 699. The first-order valence-electron chi connectivity index (χ1n) is 10.9. The number of rotatable bonds is 10. The normalized spacial score (nSPS) is 12.1. The average molecular weight is 445 g/mol. The summed E-state index contributed by atoms with van der Waals surface area (Å²) < 4.78 is 2.95. The first-order valence-corrected chi connectivity index (χ1v) is 12.6. The van der Waals surface area contributed by atoms with Gasteiger partial charge in [-0.05, 0) is 0 Å².